The molecular formula is C15H14N2O4. The summed E-state index contributed by atoms with van der Waals surface area (Å²) in [4.78, 5) is 27.3. The fourth-order valence-electron chi connectivity index (χ4n) is 1.60. The molecule has 1 N–H and O–H groups in total. The molecule has 0 saturated carbocycles. The normalized spacial score (nSPS) is 9.76. The lowest BCUT2D eigenvalue weighted by molar-refractivity contribution is -0.133. The highest BCUT2D eigenvalue weighted by Crippen LogP contribution is 2.25. The molecule has 21 heavy (non-hydrogen) atoms. The molecule has 0 saturated heterocycles. The lowest BCUT2D eigenvalue weighted by Crippen LogP contribution is -2.32. The topological polar surface area (TPSA) is 77.5 Å². The molecule has 1 heterocycles. The maximum atomic E-state index is 11.7. The summed E-state index contributed by atoms with van der Waals surface area (Å²) in [6.45, 7) is -0.256. The molecule has 0 radical (unpaired) electrons. The zero-order valence-electron chi connectivity index (χ0n) is 11.4. The van der Waals surface area contributed by atoms with Gasteiger partial charge in [0.25, 0.3) is 5.91 Å². The van der Waals surface area contributed by atoms with E-state index < -0.39 is 11.9 Å². The number of esters is 1. The van der Waals surface area contributed by atoms with Gasteiger partial charge in [-0.2, -0.15) is 0 Å². The fourth-order valence-corrected chi connectivity index (χ4v) is 1.60. The van der Waals surface area contributed by atoms with Crippen molar-refractivity contribution in [3.63, 3.8) is 0 Å². The van der Waals surface area contributed by atoms with Crippen LogP contribution in [0.3, 0.4) is 0 Å². The zero-order valence-corrected chi connectivity index (χ0v) is 11.4. The number of para-hydroxylation sites is 2. The predicted octanol–water partition coefficient (Wildman–Crippen LogP) is 1.43. The molecule has 6 nitrogen and oxygen atoms in total. The Morgan fingerprint density at radius 1 is 1.10 bits per heavy atom. The van der Waals surface area contributed by atoms with Crippen LogP contribution >= 0.6 is 0 Å². The van der Waals surface area contributed by atoms with Crippen molar-refractivity contribution in [2.45, 2.75) is 0 Å². The van der Waals surface area contributed by atoms with E-state index in [-0.39, 0.29) is 12.2 Å². The molecule has 1 aromatic carbocycles. The number of benzene rings is 1. The fraction of sp³-hybridized carbons (Fsp3) is 0.133. The van der Waals surface area contributed by atoms with Gasteiger partial charge >= 0.3 is 5.97 Å². The number of hydrogen-bond donors (Lipinski definition) is 1. The zero-order chi connectivity index (χ0) is 15.1. The number of rotatable bonds is 5. The van der Waals surface area contributed by atoms with Gasteiger partial charge < -0.3 is 14.8 Å². The number of carbonyl (C=O) groups excluding carboxylic acids is 2. The van der Waals surface area contributed by atoms with Crippen molar-refractivity contribution in [1.29, 1.82) is 0 Å². The number of nitrogens with zero attached hydrogens (tertiary/aromatic N) is 1. The Hall–Kier alpha value is -2.89. The van der Waals surface area contributed by atoms with E-state index in [2.05, 4.69) is 10.3 Å². The Kier molecular flexibility index (Phi) is 4.87. The van der Waals surface area contributed by atoms with E-state index in [1.165, 1.54) is 13.3 Å². The maximum absolute atomic E-state index is 11.7. The van der Waals surface area contributed by atoms with Crippen LogP contribution in [0.25, 0.3) is 0 Å². The van der Waals surface area contributed by atoms with Crippen LogP contribution in [0.2, 0.25) is 0 Å². The van der Waals surface area contributed by atoms with E-state index >= 15 is 0 Å². The molecule has 1 aromatic heterocycles. The minimum atomic E-state index is -0.594. The van der Waals surface area contributed by atoms with Gasteiger partial charge in [-0.25, -0.2) is 4.79 Å². The second kappa shape index (κ2) is 7.04. The standard InChI is InChI=1S/C15H14N2O4/c1-20-12-7-2-3-8-13(12)21-14(18)10-17-15(19)11-6-4-5-9-16-11/h2-9H,10H2,1H3,(H,17,19). The first-order valence-electron chi connectivity index (χ1n) is 6.23. The third-order valence-electron chi connectivity index (χ3n) is 2.58. The van der Waals surface area contributed by atoms with Gasteiger partial charge in [-0.3, -0.25) is 9.78 Å². The Labute approximate surface area is 121 Å². The molecule has 6 heteroatoms. The smallest absolute Gasteiger partial charge is 0.330 e. The molecule has 0 aliphatic carbocycles. The summed E-state index contributed by atoms with van der Waals surface area (Å²) in [5, 5.41) is 2.44. The quantitative estimate of drug-likeness (QED) is 0.664. The number of carbonyl (C=O) groups is 2. The average molecular weight is 286 g/mol. The number of hydrogen-bond acceptors (Lipinski definition) is 5. The van der Waals surface area contributed by atoms with E-state index in [1.54, 1.807) is 42.5 Å². The number of nitrogens with one attached hydrogen (secondary N) is 1. The van der Waals surface area contributed by atoms with E-state index in [9.17, 15) is 9.59 Å². The van der Waals surface area contributed by atoms with Gasteiger partial charge in [0.2, 0.25) is 0 Å². The summed E-state index contributed by atoms with van der Waals surface area (Å²) < 4.78 is 10.2. The Morgan fingerprint density at radius 3 is 2.48 bits per heavy atom. The highest BCUT2D eigenvalue weighted by atomic mass is 16.6. The first kappa shape index (κ1) is 14.5. The van der Waals surface area contributed by atoms with E-state index in [1.807, 2.05) is 0 Å². The summed E-state index contributed by atoms with van der Waals surface area (Å²) in [5.41, 5.74) is 0.239. The van der Waals surface area contributed by atoms with E-state index in [0.29, 0.717) is 11.5 Å². The molecule has 0 bridgehead atoms. The first-order chi connectivity index (χ1) is 10.2. The van der Waals surface area contributed by atoms with Gasteiger partial charge in [-0.05, 0) is 24.3 Å². The second-order valence-corrected chi connectivity index (χ2v) is 4.02. The molecule has 108 valence electrons. The van der Waals surface area contributed by atoms with Crippen molar-refractivity contribution in [3.8, 4) is 11.5 Å². The molecule has 0 aliphatic rings. The highest BCUT2D eigenvalue weighted by molar-refractivity contribution is 5.94. The number of pyridine rings is 1. The van der Waals surface area contributed by atoms with Crippen molar-refractivity contribution in [2.75, 3.05) is 13.7 Å². The lowest BCUT2D eigenvalue weighted by atomic mass is 10.3. The van der Waals surface area contributed by atoms with Crippen molar-refractivity contribution in [3.05, 3.63) is 54.4 Å². The van der Waals surface area contributed by atoms with Crippen molar-refractivity contribution >= 4 is 11.9 Å². The van der Waals surface area contributed by atoms with Crippen molar-refractivity contribution < 1.29 is 19.1 Å². The largest absolute Gasteiger partial charge is 0.493 e. The third kappa shape index (κ3) is 4.04. The summed E-state index contributed by atoms with van der Waals surface area (Å²) in [5.74, 6) is -0.282. The van der Waals surface area contributed by atoms with Crippen LogP contribution in [-0.4, -0.2) is 30.5 Å². The second-order valence-electron chi connectivity index (χ2n) is 4.02. The summed E-state index contributed by atoms with van der Waals surface area (Å²) in [6, 6.07) is 11.7. The third-order valence-corrected chi connectivity index (χ3v) is 2.58. The number of methoxy groups -OCH3 is 1. The van der Waals surface area contributed by atoms with Crippen LogP contribution in [-0.2, 0) is 4.79 Å². The SMILES string of the molecule is COc1ccccc1OC(=O)CNC(=O)c1ccccn1. The lowest BCUT2D eigenvalue weighted by Gasteiger charge is -2.09. The van der Waals surface area contributed by atoms with Crippen LogP contribution in [0.15, 0.2) is 48.7 Å². The van der Waals surface area contributed by atoms with Crippen LogP contribution < -0.4 is 14.8 Å². The van der Waals surface area contributed by atoms with Gasteiger partial charge in [-0.15, -0.1) is 0 Å². The van der Waals surface area contributed by atoms with Gasteiger partial charge in [0.05, 0.1) is 7.11 Å². The molecule has 0 unspecified atom stereocenters. The van der Waals surface area contributed by atoms with Gasteiger partial charge in [0, 0.05) is 6.20 Å². The minimum Gasteiger partial charge on any atom is -0.493 e. The molecule has 2 rings (SSSR count). The summed E-state index contributed by atoms with van der Waals surface area (Å²) >= 11 is 0. The molecule has 0 fully saturated rings. The minimum absolute atomic E-state index is 0.239. The molecule has 0 aliphatic heterocycles. The molecular weight excluding hydrogens is 272 g/mol. The first-order valence-corrected chi connectivity index (χ1v) is 6.23. The Balaban J connectivity index is 1.89. The average Bonchev–Trinajstić information content (AvgIpc) is 2.54. The summed E-state index contributed by atoms with van der Waals surface area (Å²) in [6.07, 6.45) is 1.50. The van der Waals surface area contributed by atoms with Crippen molar-refractivity contribution in [1.82, 2.24) is 10.3 Å². The van der Waals surface area contributed by atoms with Crippen LogP contribution in [0.5, 0.6) is 11.5 Å². The maximum Gasteiger partial charge on any atom is 0.330 e. The molecule has 0 atom stereocenters. The Bertz CT molecular complexity index is 629. The predicted molar refractivity (Wildman–Crippen MR) is 75.2 cm³/mol. The van der Waals surface area contributed by atoms with Crippen molar-refractivity contribution in [2.24, 2.45) is 0 Å². The van der Waals surface area contributed by atoms with Crippen LogP contribution in [0.4, 0.5) is 0 Å². The van der Waals surface area contributed by atoms with Crippen LogP contribution in [0, 0.1) is 0 Å². The summed E-state index contributed by atoms with van der Waals surface area (Å²) in [7, 11) is 1.48. The monoisotopic (exact) mass is 286 g/mol. The number of amides is 1. The molecule has 0 spiro atoms. The van der Waals surface area contributed by atoms with E-state index in [4.69, 9.17) is 9.47 Å². The van der Waals surface area contributed by atoms with E-state index in [0.717, 1.165) is 0 Å². The van der Waals surface area contributed by atoms with Gasteiger partial charge in [0.1, 0.15) is 12.2 Å². The molecule has 1 amide bonds. The Morgan fingerprint density at radius 2 is 1.81 bits per heavy atom. The van der Waals surface area contributed by atoms with Gasteiger partial charge in [0.15, 0.2) is 11.5 Å². The van der Waals surface area contributed by atoms with Crippen LogP contribution in [0.1, 0.15) is 10.5 Å². The number of ether oxygens (including phenoxy) is 2. The molecule has 2 aromatic rings. The highest BCUT2D eigenvalue weighted by Gasteiger charge is 2.12. The number of aromatic nitrogens is 1. The van der Waals surface area contributed by atoms with Gasteiger partial charge in [-0.1, -0.05) is 18.2 Å².